The Morgan fingerprint density at radius 3 is 2.50 bits per heavy atom. The van der Waals surface area contributed by atoms with E-state index in [0.29, 0.717) is 0 Å². The second-order valence-electron chi connectivity index (χ2n) is 5.24. The van der Waals surface area contributed by atoms with E-state index in [1.807, 2.05) is 22.4 Å². The van der Waals surface area contributed by atoms with Gasteiger partial charge in [0.05, 0.1) is 4.88 Å². The number of hydrogen-bond donors (Lipinski definition) is 0. The lowest BCUT2D eigenvalue weighted by atomic mass is 10.2. The zero-order valence-corrected chi connectivity index (χ0v) is 11.5. The van der Waals surface area contributed by atoms with Crippen molar-refractivity contribution in [1.82, 2.24) is 9.80 Å². The lowest BCUT2D eigenvalue weighted by Gasteiger charge is -2.37. The molecule has 18 heavy (non-hydrogen) atoms. The maximum absolute atomic E-state index is 12.2. The number of carbonyl (C=O) groups excluding carboxylic acids is 1. The van der Waals surface area contributed by atoms with Gasteiger partial charge in [0.15, 0.2) is 0 Å². The summed E-state index contributed by atoms with van der Waals surface area (Å²) in [6, 6.07) is 4.67. The molecule has 0 unspecified atom stereocenters. The first-order valence-electron chi connectivity index (χ1n) is 6.91. The minimum atomic E-state index is 0.219. The van der Waals surface area contributed by atoms with Gasteiger partial charge in [-0.3, -0.25) is 9.69 Å². The number of amides is 1. The first kappa shape index (κ1) is 12.2. The van der Waals surface area contributed by atoms with E-state index in [2.05, 4.69) is 4.90 Å². The van der Waals surface area contributed by atoms with Crippen LogP contribution in [0.1, 0.15) is 35.4 Å². The van der Waals surface area contributed by atoms with Crippen molar-refractivity contribution < 1.29 is 4.79 Å². The van der Waals surface area contributed by atoms with Gasteiger partial charge in [-0.15, -0.1) is 11.3 Å². The van der Waals surface area contributed by atoms with E-state index in [1.54, 1.807) is 11.3 Å². The number of rotatable bonds is 2. The largest absolute Gasteiger partial charge is 0.335 e. The van der Waals surface area contributed by atoms with Crippen LogP contribution in [0, 0.1) is 0 Å². The van der Waals surface area contributed by atoms with Gasteiger partial charge in [0.25, 0.3) is 5.91 Å². The molecule has 2 heterocycles. The van der Waals surface area contributed by atoms with Crippen LogP contribution in [0.4, 0.5) is 0 Å². The van der Waals surface area contributed by atoms with E-state index >= 15 is 0 Å². The van der Waals surface area contributed by atoms with Gasteiger partial charge in [0.1, 0.15) is 0 Å². The third-order valence-corrected chi connectivity index (χ3v) is 5.03. The molecule has 1 aliphatic heterocycles. The Bertz CT molecular complexity index is 390. The van der Waals surface area contributed by atoms with E-state index < -0.39 is 0 Å². The molecule has 0 aromatic carbocycles. The van der Waals surface area contributed by atoms with Crippen LogP contribution >= 0.6 is 11.3 Å². The maximum Gasteiger partial charge on any atom is 0.264 e. The molecule has 4 heteroatoms. The Kier molecular flexibility index (Phi) is 3.66. The molecule has 1 aliphatic carbocycles. The monoisotopic (exact) mass is 264 g/mol. The lowest BCUT2D eigenvalue weighted by molar-refractivity contribution is 0.0578. The summed E-state index contributed by atoms with van der Waals surface area (Å²) in [6.45, 7) is 3.91. The number of thiophene rings is 1. The fourth-order valence-corrected chi connectivity index (χ4v) is 3.81. The Hall–Kier alpha value is -0.870. The van der Waals surface area contributed by atoms with Crippen LogP contribution in [-0.2, 0) is 0 Å². The highest BCUT2D eigenvalue weighted by molar-refractivity contribution is 7.12. The SMILES string of the molecule is O=C(c1cccs1)N1CCN(C2CCCC2)CC1. The zero-order valence-electron chi connectivity index (χ0n) is 10.7. The third-order valence-electron chi connectivity index (χ3n) is 4.17. The van der Waals surface area contributed by atoms with E-state index in [1.165, 1.54) is 25.7 Å². The molecule has 1 saturated heterocycles. The van der Waals surface area contributed by atoms with Crippen molar-refractivity contribution in [3.8, 4) is 0 Å². The van der Waals surface area contributed by atoms with Crippen molar-refractivity contribution in [2.24, 2.45) is 0 Å². The van der Waals surface area contributed by atoms with E-state index in [4.69, 9.17) is 0 Å². The van der Waals surface area contributed by atoms with Gasteiger partial charge >= 0.3 is 0 Å². The maximum atomic E-state index is 12.2. The van der Waals surface area contributed by atoms with Gasteiger partial charge in [-0.1, -0.05) is 18.9 Å². The average molecular weight is 264 g/mol. The fourth-order valence-electron chi connectivity index (χ4n) is 3.12. The van der Waals surface area contributed by atoms with Crippen molar-refractivity contribution in [2.75, 3.05) is 26.2 Å². The second-order valence-corrected chi connectivity index (χ2v) is 6.19. The number of nitrogens with zero attached hydrogens (tertiary/aromatic N) is 2. The summed E-state index contributed by atoms with van der Waals surface area (Å²) in [6.07, 6.45) is 5.50. The minimum Gasteiger partial charge on any atom is -0.335 e. The minimum absolute atomic E-state index is 0.219. The molecule has 1 saturated carbocycles. The molecule has 2 aliphatic rings. The predicted molar refractivity (Wildman–Crippen MR) is 74.1 cm³/mol. The first-order valence-corrected chi connectivity index (χ1v) is 7.79. The molecule has 0 atom stereocenters. The van der Waals surface area contributed by atoms with Gasteiger partial charge in [0.2, 0.25) is 0 Å². The second kappa shape index (κ2) is 5.41. The molecule has 2 fully saturated rings. The van der Waals surface area contributed by atoms with E-state index in [0.717, 1.165) is 37.1 Å². The molecule has 98 valence electrons. The Labute approximate surface area is 112 Å². The topological polar surface area (TPSA) is 23.6 Å². The quantitative estimate of drug-likeness (QED) is 0.819. The van der Waals surface area contributed by atoms with Crippen molar-refractivity contribution in [3.63, 3.8) is 0 Å². The average Bonchev–Trinajstić information content (AvgIpc) is 3.11. The van der Waals surface area contributed by atoms with Crippen LogP contribution in [0.25, 0.3) is 0 Å². The summed E-state index contributed by atoms with van der Waals surface area (Å²) in [5, 5.41) is 1.97. The van der Waals surface area contributed by atoms with Gasteiger partial charge in [-0.2, -0.15) is 0 Å². The number of hydrogen-bond acceptors (Lipinski definition) is 3. The summed E-state index contributed by atoms with van der Waals surface area (Å²) < 4.78 is 0. The van der Waals surface area contributed by atoms with Gasteiger partial charge in [0, 0.05) is 32.2 Å². The zero-order chi connectivity index (χ0) is 12.4. The smallest absolute Gasteiger partial charge is 0.264 e. The van der Waals surface area contributed by atoms with Gasteiger partial charge in [-0.25, -0.2) is 0 Å². The Morgan fingerprint density at radius 2 is 1.89 bits per heavy atom. The van der Waals surface area contributed by atoms with Gasteiger partial charge < -0.3 is 4.90 Å². The normalized spacial score (nSPS) is 22.6. The summed E-state index contributed by atoms with van der Waals surface area (Å²) in [5.74, 6) is 0.219. The molecule has 1 amide bonds. The van der Waals surface area contributed by atoms with Crippen LogP contribution in [0.2, 0.25) is 0 Å². The molecule has 0 N–H and O–H groups in total. The van der Waals surface area contributed by atoms with Crippen LogP contribution in [0.3, 0.4) is 0 Å². The van der Waals surface area contributed by atoms with Crippen molar-refractivity contribution in [3.05, 3.63) is 22.4 Å². The fraction of sp³-hybridized carbons (Fsp3) is 0.643. The van der Waals surface area contributed by atoms with Crippen LogP contribution in [0.15, 0.2) is 17.5 Å². The summed E-state index contributed by atoms with van der Waals surface area (Å²) in [4.78, 5) is 17.7. The molecule has 1 aromatic rings. The highest BCUT2D eigenvalue weighted by Gasteiger charge is 2.28. The van der Waals surface area contributed by atoms with Gasteiger partial charge in [-0.05, 0) is 24.3 Å². The number of piperazine rings is 1. The van der Waals surface area contributed by atoms with Crippen molar-refractivity contribution in [2.45, 2.75) is 31.7 Å². The Morgan fingerprint density at radius 1 is 1.17 bits per heavy atom. The summed E-state index contributed by atoms with van der Waals surface area (Å²) in [5.41, 5.74) is 0. The van der Waals surface area contributed by atoms with E-state index in [9.17, 15) is 4.79 Å². The van der Waals surface area contributed by atoms with Crippen LogP contribution in [-0.4, -0.2) is 47.9 Å². The first-order chi connectivity index (χ1) is 8.84. The third kappa shape index (κ3) is 2.45. The Balaban J connectivity index is 1.55. The van der Waals surface area contributed by atoms with Crippen molar-refractivity contribution >= 4 is 17.2 Å². The standard InChI is InChI=1S/C14H20N2OS/c17-14(13-6-3-11-18-13)16-9-7-15(8-10-16)12-4-1-2-5-12/h3,6,11-12H,1-2,4-5,7-10H2. The molecule has 3 rings (SSSR count). The summed E-state index contributed by atoms with van der Waals surface area (Å²) in [7, 11) is 0. The molecule has 0 radical (unpaired) electrons. The predicted octanol–water partition coefficient (Wildman–Crippen LogP) is 2.45. The van der Waals surface area contributed by atoms with Crippen molar-refractivity contribution in [1.29, 1.82) is 0 Å². The van der Waals surface area contributed by atoms with Crippen LogP contribution < -0.4 is 0 Å². The number of carbonyl (C=O) groups is 1. The highest BCUT2D eigenvalue weighted by atomic mass is 32.1. The highest BCUT2D eigenvalue weighted by Crippen LogP contribution is 2.24. The molecule has 0 spiro atoms. The molecule has 3 nitrogen and oxygen atoms in total. The van der Waals surface area contributed by atoms with E-state index in [-0.39, 0.29) is 5.91 Å². The molecular formula is C14H20N2OS. The molecule has 0 bridgehead atoms. The molecular weight excluding hydrogens is 244 g/mol. The summed E-state index contributed by atoms with van der Waals surface area (Å²) >= 11 is 1.55. The molecule has 1 aromatic heterocycles. The van der Waals surface area contributed by atoms with Crippen LogP contribution in [0.5, 0.6) is 0 Å². The lowest BCUT2D eigenvalue weighted by Crippen LogP contribution is -2.51.